The smallest absolute Gasteiger partial charge is 0.446 e. The molecule has 0 spiro atoms. The molecule has 0 aliphatic carbocycles. The van der Waals surface area contributed by atoms with Gasteiger partial charge in [0.1, 0.15) is 16.7 Å². The summed E-state index contributed by atoms with van der Waals surface area (Å²) in [6, 6.07) is 16.3. The summed E-state index contributed by atoms with van der Waals surface area (Å²) in [6.45, 7) is -0.268. The lowest BCUT2D eigenvalue weighted by Gasteiger charge is -2.29. The second-order valence-corrected chi connectivity index (χ2v) is 9.11. The Morgan fingerprint density at radius 2 is 1.37 bits per heavy atom. The first kappa shape index (κ1) is 23.8. The molecule has 2 atom stereocenters. The third kappa shape index (κ3) is 6.26. The van der Waals surface area contributed by atoms with Crippen molar-refractivity contribution in [1.29, 1.82) is 0 Å². The number of para-hydroxylation sites is 2. The van der Waals surface area contributed by atoms with Gasteiger partial charge in [0, 0.05) is 5.75 Å². The number of esters is 2. The Balaban J connectivity index is 2.56. The standard InChI is InChI=1S/C20H23O8PS/c1-25-19(22)17(18(20(23)26-2)30-14-13-21)29(24,27-15-9-5-3-6-10-15)28-16-11-7-4-8-12-16/h3-12,17-18,21H,13-14H2,1-2H3/t17-,18+/m0/s1. The molecule has 0 saturated heterocycles. The molecule has 0 saturated carbocycles. The largest absolute Gasteiger partial charge is 0.468 e. The molecule has 0 aliphatic rings. The molecule has 30 heavy (non-hydrogen) atoms. The van der Waals surface area contributed by atoms with Crippen LogP contribution in [-0.2, 0) is 23.6 Å². The van der Waals surface area contributed by atoms with Crippen molar-refractivity contribution in [3.8, 4) is 11.5 Å². The molecule has 0 fully saturated rings. The fourth-order valence-electron chi connectivity index (χ4n) is 2.51. The zero-order chi connectivity index (χ0) is 22.0. The Kier molecular flexibility index (Phi) is 9.23. The minimum absolute atomic E-state index is 0.0872. The van der Waals surface area contributed by atoms with Gasteiger partial charge in [0.2, 0.25) is 5.66 Å². The molecule has 162 valence electrons. The molecule has 8 nitrogen and oxygen atoms in total. The molecule has 2 rings (SSSR count). The maximum atomic E-state index is 14.0. The normalized spacial score (nSPS) is 13.0. The van der Waals surface area contributed by atoms with E-state index in [1.54, 1.807) is 60.7 Å². The van der Waals surface area contributed by atoms with E-state index in [0.717, 1.165) is 26.0 Å². The molecule has 0 aromatic heterocycles. The third-order valence-corrected chi connectivity index (χ3v) is 7.41. The monoisotopic (exact) mass is 454 g/mol. The lowest BCUT2D eigenvalue weighted by atomic mass is 10.3. The summed E-state index contributed by atoms with van der Waals surface area (Å²) in [6.07, 6.45) is 0. The molecular weight excluding hydrogens is 431 g/mol. The number of hydrogen-bond donors (Lipinski definition) is 1. The molecule has 1 N–H and O–H groups in total. The van der Waals surface area contributed by atoms with E-state index in [1.807, 2.05) is 0 Å². The number of rotatable bonds is 11. The molecule has 2 aromatic carbocycles. The first-order valence-electron chi connectivity index (χ1n) is 8.92. The van der Waals surface area contributed by atoms with Gasteiger partial charge in [0.25, 0.3) is 0 Å². The fourth-order valence-corrected chi connectivity index (χ4v) is 6.01. The zero-order valence-electron chi connectivity index (χ0n) is 16.5. The SMILES string of the molecule is COC(=O)[C@H]([C@@H](SCCO)C(=O)OC)P(=O)(Oc1ccccc1)Oc1ccccc1. The van der Waals surface area contributed by atoms with E-state index in [9.17, 15) is 19.3 Å². The van der Waals surface area contributed by atoms with Gasteiger partial charge in [0.15, 0.2) is 0 Å². The average Bonchev–Trinajstić information content (AvgIpc) is 2.76. The lowest BCUT2D eigenvalue weighted by Crippen LogP contribution is -2.41. The van der Waals surface area contributed by atoms with Crippen molar-refractivity contribution in [3.05, 3.63) is 60.7 Å². The van der Waals surface area contributed by atoms with E-state index in [0.29, 0.717) is 0 Å². The zero-order valence-corrected chi connectivity index (χ0v) is 18.2. The van der Waals surface area contributed by atoms with E-state index in [4.69, 9.17) is 18.5 Å². The Hall–Kier alpha value is -2.48. The average molecular weight is 454 g/mol. The number of ether oxygens (including phenoxy) is 2. The highest BCUT2D eigenvalue weighted by Gasteiger charge is 2.53. The van der Waals surface area contributed by atoms with Gasteiger partial charge in [-0.3, -0.25) is 9.59 Å². The van der Waals surface area contributed by atoms with Crippen molar-refractivity contribution >= 4 is 31.3 Å². The van der Waals surface area contributed by atoms with Gasteiger partial charge in [0.05, 0.1) is 20.8 Å². The summed E-state index contributed by atoms with van der Waals surface area (Å²) >= 11 is 0.896. The highest BCUT2D eigenvalue weighted by molar-refractivity contribution is 8.01. The maximum absolute atomic E-state index is 14.0. The highest BCUT2D eigenvalue weighted by atomic mass is 32.2. The first-order valence-corrected chi connectivity index (χ1v) is 11.6. The van der Waals surface area contributed by atoms with Crippen LogP contribution in [0.4, 0.5) is 0 Å². The van der Waals surface area contributed by atoms with Crippen LogP contribution < -0.4 is 9.05 Å². The van der Waals surface area contributed by atoms with Crippen LogP contribution in [0.3, 0.4) is 0 Å². The molecule has 0 amide bonds. The van der Waals surface area contributed by atoms with Crippen molar-refractivity contribution in [2.45, 2.75) is 10.9 Å². The maximum Gasteiger partial charge on any atom is 0.446 e. The molecule has 0 aliphatic heterocycles. The van der Waals surface area contributed by atoms with Crippen LogP contribution in [0.1, 0.15) is 0 Å². The Morgan fingerprint density at radius 3 is 1.77 bits per heavy atom. The molecule has 10 heteroatoms. The summed E-state index contributed by atoms with van der Waals surface area (Å²) in [5.41, 5.74) is -1.65. The van der Waals surface area contributed by atoms with Crippen LogP contribution in [0.15, 0.2) is 60.7 Å². The van der Waals surface area contributed by atoms with E-state index in [-0.39, 0.29) is 23.9 Å². The second-order valence-electron chi connectivity index (χ2n) is 5.85. The van der Waals surface area contributed by atoms with Gasteiger partial charge < -0.3 is 23.6 Å². The summed E-state index contributed by atoms with van der Waals surface area (Å²) in [5, 5.41) is 7.90. The van der Waals surface area contributed by atoms with Crippen molar-refractivity contribution < 1.29 is 37.8 Å². The molecule has 0 unspecified atom stereocenters. The van der Waals surface area contributed by atoms with Gasteiger partial charge in [-0.2, -0.15) is 0 Å². The van der Waals surface area contributed by atoms with Gasteiger partial charge in [-0.1, -0.05) is 36.4 Å². The van der Waals surface area contributed by atoms with Crippen molar-refractivity contribution in [1.82, 2.24) is 0 Å². The molecule has 0 bridgehead atoms. The Morgan fingerprint density at radius 1 is 0.900 bits per heavy atom. The second kappa shape index (κ2) is 11.6. The van der Waals surface area contributed by atoms with Gasteiger partial charge >= 0.3 is 19.5 Å². The van der Waals surface area contributed by atoms with Crippen LogP contribution in [0.2, 0.25) is 0 Å². The van der Waals surface area contributed by atoms with Crippen LogP contribution in [0.5, 0.6) is 11.5 Å². The molecular formula is C20H23O8PS. The predicted octanol–water partition coefficient (Wildman–Crippen LogP) is 3.15. The summed E-state index contributed by atoms with van der Waals surface area (Å²) in [5.74, 6) is -1.34. The van der Waals surface area contributed by atoms with Crippen molar-refractivity contribution in [2.75, 3.05) is 26.6 Å². The lowest BCUT2D eigenvalue weighted by molar-refractivity contribution is -0.146. The number of hydrogen-bond acceptors (Lipinski definition) is 9. The number of benzene rings is 2. The van der Waals surface area contributed by atoms with Crippen LogP contribution in [0.25, 0.3) is 0 Å². The minimum Gasteiger partial charge on any atom is -0.468 e. The van der Waals surface area contributed by atoms with Crippen molar-refractivity contribution in [2.24, 2.45) is 0 Å². The van der Waals surface area contributed by atoms with E-state index >= 15 is 0 Å². The molecule has 0 radical (unpaired) electrons. The fraction of sp³-hybridized carbons (Fsp3) is 0.300. The number of methoxy groups -OCH3 is 2. The Bertz CT molecular complexity index is 816. The number of carbonyl (C=O) groups excluding carboxylic acids is 2. The third-order valence-electron chi connectivity index (χ3n) is 3.84. The highest BCUT2D eigenvalue weighted by Crippen LogP contribution is 2.56. The number of aliphatic hydroxyl groups is 1. The number of aliphatic hydroxyl groups excluding tert-OH is 1. The molecule has 0 heterocycles. The number of carbonyl (C=O) groups is 2. The summed E-state index contributed by atoms with van der Waals surface area (Å²) < 4.78 is 35.1. The van der Waals surface area contributed by atoms with Gasteiger partial charge in [-0.15, -0.1) is 11.8 Å². The van der Waals surface area contributed by atoms with E-state index < -0.39 is 30.4 Å². The van der Waals surface area contributed by atoms with E-state index in [2.05, 4.69) is 0 Å². The molecule has 2 aromatic rings. The van der Waals surface area contributed by atoms with Crippen LogP contribution in [0, 0.1) is 0 Å². The Labute approximate surface area is 179 Å². The number of thioether (sulfide) groups is 1. The topological polar surface area (TPSA) is 108 Å². The van der Waals surface area contributed by atoms with Crippen LogP contribution >= 0.6 is 19.4 Å². The predicted molar refractivity (Wildman–Crippen MR) is 113 cm³/mol. The van der Waals surface area contributed by atoms with E-state index in [1.165, 1.54) is 0 Å². The summed E-state index contributed by atoms with van der Waals surface area (Å²) in [4.78, 5) is 25.2. The minimum atomic E-state index is -4.39. The van der Waals surface area contributed by atoms with Gasteiger partial charge in [-0.05, 0) is 24.3 Å². The first-order chi connectivity index (χ1) is 14.4. The van der Waals surface area contributed by atoms with Crippen LogP contribution in [-0.4, -0.2) is 54.5 Å². The summed E-state index contributed by atoms with van der Waals surface area (Å²) in [7, 11) is -2.14. The van der Waals surface area contributed by atoms with Gasteiger partial charge in [-0.25, -0.2) is 4.57 Å². The van der Waals surface area contributed by atoms with Crippen molar-refractivity contribution in [3.63, 3.8) is 0 Å². The quantitative estimate of drug-likeness (QED) is 0.405.